The first-order valence-corrected chi connectivity index (χ1v) is 13.5. The average molecular weight is 460 g/mol. The number of nitrogens with zero attached hydrogens (tertiary/aromatic N) is 1. The number of hydrogen-bond acceptors (Lipinski definition) is 4. The third-order valence-corrected chi connectivity index (χ3v) is 11.7. The number of rotatable bonds is 6. The topological polar surface area (TPSA) is 38.8 Å². The standard InChI is InChI=1S/C28H33NO3Si/c1-28(2,3)33(24-16-10-6-11-17-24,25-18-12-7-13-19-25)32-23-20-26(27(30)31-4)29(21-23)22-14-8-5-9-15-22/h5-19,23,26H,20-21H2,1-4H3/t23-,26-/m1/s1. The average Bonchev–Trinajstić information content (AvgIpc) is 3.27. The van der Waals surface area contributed by atoms with Crippen LogP contribution in [0.15, 0.2) is 91.0 Å². The number of carbonyl (C=O) groups excluding carboxylic acids is 1. The highest BCUT2D eigenvalue weighted by Gasteiger charge is 2.53. The van der Waals surface area contributed by atoms with Crippen molar-refractivity contribution in [1.29, 1.82) is 0 Å². The molecule has 1 fully saturated rings. The lowest BCUT2D eigenvalue weighted by Crippen LogP contribution is -2.67. The van der Waals surface area contributed by atoms with Gasteiger partial charge in [0, 0.05) is 18.7 Å². The Morgan fingerprint density at radius 2 is 1.33 bits per heavy atom. The van der Waals surface area contributed by atoms with Gasteiger partial charge in [0.05, 0.1) is 13.2 Å². The van der Waals surface area contributed by atoms with Gasteiger partial charge in [-0.15, -0.1) is 0 Å². The minimum absolute atomic E-state index is 0.0967. The first-order valence-electron chi connectivity index (χ1n) is 11.5. The molecule has 1 heterocycles. The fraction of sp³-hybridized carbons (Fsp3) is 0.321. The molecule has 3 aromatic carbocycles. The van der Waals surface area contributed by atoms with E-state index in [0.29, 0.717) is 13.0 Å². The van der Waals surface area contributed by atoms with Crippen molar-refractivity contribution >= 4 is 30.3 Å². The highest BCUT2D eigenvalue weighted by Crippen LogP contribution is 2.39. The molecule has 0 saturated carbocycles. The van der Waals surface area contributed by atoms with Crippen LogP contribution in [0.4, 0.5) is 5.69 Å². The Bertz CT molecular complexity index is 1010. The molecule has 0 spiro atoms. The summed E-state index contributed by atoms with van der Waals surface area (Å²) >= 11 is 0. The van der Waals surface area contributed by atoms with Crippen molar-refractivity contribution in [3.05, 3.63) is 91.0 Å². The highest BCUT2D eigenvalue weighted by atomic mass is 28.4. The molecule has 172 valence electrons. The molecule has 0 amide bonds. The molecule has 1 saturated heterocycles. The maximum atomic E-state index is 12.7. The lowest BCUT2D eigenvalue weighted by molar-refractivity contribution is -0.142. The van der Waals surface area contributed by atoms with Gasteiger partial charge in [0.2, 0.25) is 0 Å². The zero-order chi connectivity index (χ0) is 23.5. The quantitative estimate of drug-likeness (QED) is 0.405. The van der Waals surface area contributed by atoms with Gasteiger partial charge in [0.25, 0.3) is 8.32 Å². The molecule has 0 bridgehead atoms. The molecule has 4 nitrogen and oxygen atoms in total. The molecule has 4 rings (SSSR count). The predicted molar refractivity (Wildman–Crippen MR) is 137 cm³/mol. The number of para-hydroxylation sites is 1. The van der Waals surface area contributed by atoms with Crippen LogP contribution >= 0.6 is 0 Å². The second-order valence-electron chi connectivity index (χ2n) is 9.67. The van der Waals surface area contributed by atoms with Crippen LogP contribution < -0.4 is 15.3 Å². The first kappa shape index (κ1) is 23.3. The summed E-state index contributed by atoms with van der Waals surface area (Å²) in [6.07, 6.45) is 0.507. The van der Waals surface area contributed by atoms with Crippen molar-refractivity contribution < 1.29 is 14.0 Å². The van der Waals surface area contributed by atoms with Gasteiger partial charge in [-0.25, -0.2) is 4.79 Å². The molecular formula is C28H33NO3Si. The molecule has 0 aliphatic carbocycles. The van der Waals surface area contributed by atoms with E-state index in [1.54, 1.807) is 0 Å². The van der Waals surface area contributed by atoms with Crippen LogP contribution in [0.3, 0.4) is 0 Å². The summed E-state index contributed by atoms with van der Waals surface area (Å²) < 4.78 is 12.5. The zero-order valence-corrected chi connectivity index (χ0v) is 20.9. The molecule has 5 heteroatoms. The van der Waals surface area contributed by atoms with Gasteiger partial charge in [0.1, 0.15) is 6.04 Å². The molecule has 1 aliphatic rings. The van der Waals surface area contributed by atoms with E-state index < -0.39 is 8.32 Å². The SMILES string of the molecule is COC(=O)[C@H]1C[C@@H](O[Si](c2ccccc2)(c2ccccc2)C(C)(C)C)CN1c1ccccc1. The van der Waals surface area contributed by atoms with Crippen LogP contribution in [-0.2, 0) is 14.0 Å². The van der Waals surface area contributed by atoms with Gasteiger partial charge in [-0.1, -0.05) is 99.6 Å². The predicted octanol–water partition coefficient (Wildman–Crippen LogP) is 4.38. The Labute approximate surface area is 198 Å². The Balaban J connectivity index is 1.78. The fourth-order valence-electron chi connectivity index (χ4n) is 5.09. The summed E-state index contributed by atoms with van der Waals surface area (Å²) in [5, 5.41) is 2.38. The minimum Gasteiger partial charge on any atom is -0.467 e. The van der Waals surface area contributed by atoms with Crippen LogP contribution in [0.25, 0.3) is 0 Å². The smallest absolute Gasteiger partial charge is 0.328 e. The zero-order valence-electron chi connectivity index (χ0n) is 19.9. The van der Waals surface area contributed by atoms with Crippen LogP contribution in [-0.4, -0.2) is 40.1 Å². The molecular weight excluding hydrogens is 426 g/mol. The molecule has 1 aliphatic heterocycles. The van der Waals surface area contributed by atoms with Gasteiger partial charge < -0.3 is 14.1 Å². The minimum atomic E-state index is -2.70. The van der Waals surface area contributed by atoms with E-state index in [0.717, 1.165) is 5.69 Å². The Hall–Kier alpha value is -2.89. The van der Waals surface area contributed by atoms with E-state index in [-0.39, 0.29) is 23.2 Å². The first-order chi connectivity index (χ1) is 15.9. The summed E-state index contributed by atoms with van der Waals surface area (Å²) in [5.74, 6) is -0.215. The second kappa shape index (κ2) is 9.54. The van der Waals surface area contributed by atoms with Crippen molar-refractivity contribution in [1.82, 2.24) is 0 Å². The Morgan fingerprint density at radius 1 is 0.848 bits per heavy atom. The monoisotopic (exact) mass is 459 g/mol. The summed E-state index contributed by atoms with van der Waals surface area (Å²) in [6, 6.07) is 31.0. The number of methoxy groups -OCH3 is 1. The Kier molecular flexibility index (Phi) is 6.72. The molecule has 33 heavy (non-hydrogen) atoms. The lowest BCUT2D eigenvalue weighted by Gasteiger charge is -2.44. The van der Waals surface area contributed by atoms with Crippen molar-refractivity contribution in [3.8, 4) is 0 Å². The number of hydrogen-bond donors (Lipinski definition) is 0. The normalized spacial score (nSPS) is 18.8. The van der Waals surface area contributed by atoms with Crippen LogP contribution in [0.5, 0.6) is 0 Å². The van der Waals surface area contributed by atoms with Crippen molar-refractivity contribution in [3.63, 3.8) is 0 Å². The number of benzene rings is 3. The molecule has 0 radical (unpaired) electrons. The van der Waals surface area contributed by atoms with E-state index >= 15 is 0 Å². The lowest BCUT2D eigenvalue weighted by atomic mass is 10.2. The van der Waals surface area contributed by atoms with Gasteiger partial charge in [0.15, 0.2) is 0 Å². The van der Waals surface area contributed by atoms with Gasteiger partial charge in [-0.05, 0) is 27.5 Å². The van der Waals surface area contributed by atoms with Crippen molar-refractivity contribution in [2.45, 2.75) is 44.4 Å². The van der Waals surface area contributed by atoms with Crippen LogP contribution in [0.1, 0.15) is 27.2 Å². The molecule has 2 atom stereocenters. The van der Waals surface area contributed by atoms with Gasteiger partial charge >= 0.3 is 5.97 Å². The third-order valence-electron chi connectivity index (χ3n) is 6.58. The van der Waals surface area contributed by atoms with Gasteiger partial charge in [-0.2, -0.15) is 0 Å². The maximum absolute atomic E-state index is 12.7. The third kappa shape index (κ3) is 4.48. The maximum Gasteiger partial charge on any atom is 0.328 e. The molecule has 3 aromatic rings. The largest absolute Gasteiger partial charge is 0.467 e. The summed E-state index contributed by atoms with van der Waals surface area (Å²) in [5.41, 5.74) is 1.02. The second-order valence-corrected chi connectivity index (χ2v) is 13.9. The summed E-state index contributed by atoms with van der Waals surface area (Å²) in [4.78, 5) is 14.9. The Morgan fingerprint density at radius 3 is 1.79 bits per heavy atom. The van der Waals surface area contributed by atoms with E-state index in [9.17, 15) is 4.79 Å². The highest BCUT2D eigenvalue weighted by molar-refractivity contribution is 6.99. The van der Waals surface area contributed by atoms with E-state index in [2.05, 4.69) is 86.3 Å². The van der Waals surface area contributed by atoms with Crippen molar-refractivity contribution in [2.75, 3.05) is 18.6 Å². The summed E-state index contributed by atoms with van der Waals surface area (Å²) in [7, 11) is -1.24. The number of carbonyl (C=O) groups is 1. The van der Waals surface area contributed by atoms with E-state index in [1.807, 2.05) is 30.3 Å². The van der Waals surface area contributed by atoms with E-state index in [4.69, 9.17) is 9.16 Å². The molecule has 0 unspecified atom stereocenters. The van der Waals surface area contributed by atoms with E-state index in [1.165, 1.54) is 17.5 Å². The molecule has 0 aromatic heterocycles. The number of esters is 1. The fourth-order valence-corrected chi connectivity index (χ4v) is 9.77. The van der Waals surface area contributed by atoms with Crippen molar-refractivity contribution in [2.24, 2.45) is 0 Å². The summed E-state index contributed by atoms with van der Waals surface area (Å²) in [6.45, 7) is 7.48. The molecule has 0 N–H and O–H groups in total. The van der Waals surface area contributed by atoms with Gasteiger partial charge in [-0.3, -0.25) is 0 Å². The van der Waals surface area contributed by atoms with Crippen LogP contribution in [0, 0.1) is 0 Å². The number of anilines is 1. The number of ether oxygens (including phenoxy) is 1. The van der Waals surface area contributed by atoms with Crippen LogP contribution in [0.2, 0.25) is 5.04 Å².